The van der Waals surface area contributed by atoms with E-state index in [-0.39, 0.29) is 15.7 Å². The molecule has 0 aromatic rings. The SMILES string of the molecule is CCS(=O)(=O)/C=C1/SC=C(S(=O)(=O)CC)S1. The third kappa shape index (κ3) is 3.54. The second kappa shape index (κ2) is 5.16. The van der Waals surface area contributed by atoms with Crippen molar-refractivity contribution in [2.45, 2.75) is 13.8 Å². The lowest BCUT2D eigenvalue weighted by Gasteiger charge is -2.00. The van der Waals surface area contributed by atoms with Gasteiger partial charge in [0.1, 0.15) is 4.24 Å². The lowest BCUT2D eigenvalue weighted by atomic mass is 11.0. The molecule has 0 atom stereocenters. The molecule has 0 N–H and O–H groups in total. The van der Waals surface area contributed by atoms with Gasteiger partial charge < -0.3 is 0 Å². The van der Waals surface area contributed by atoms with Gasteiger partial charge in [-0.05, 0) is 0 Å². The van der Waals surface area contributed by atoms with Gasteiger partial charge in [-0.1, -0.05) is 37.4 Å². The summed E-state index contributed by atoms with van der Waals surface area (Å²) >= 11 is 2.14. The third-order valence-electron chi connectivity index (χ3n) is 1.84. The molecule has 8 heteroatoms. The lowest BCUT2D eigenvalue weighted by Crippen LogP contribution is -2.02. The van der Waals surface area contributed by atoms with Crippen LogP contribution >= 0.6 is 23.5 Å². The molecule has 0 aromatic heterocycles. The molecule has 0 aliphatic carbocycles. The third-order valence-corrected chi connectivity index (χ3v) is 8.22. The standard InChI is InChI=1S/C8H12O4S4/c1-3-15(9,10)6-7-13-5-8(14-7)16(11,12)4-2/h5-6H,3-4H2,1-2H3/b7-6-. The minimum atomic E-state index is -3.23. The van der Waals surface area contributed by atoms with Gasteiger partial charge >= 0.3 is 0 Å². The zero-order valence-corrected chi connectivity index (χ0v) is 12.1. The van der Waals surface area contributed by atoms with Crippen LogP contribution < -0.4 is 0 Å². The monoisotopic (exact) mass is 300 g/mol. The number of hydrogen-bond donors (Lipinski definition) is 0. The summed E-state index contributed by atoms with van der Waals surface area (Å²) in [7, 11) is -6.44. The summed E-state index contributed by atoms with van der Waals surface area (Å²) in [4.78, 5) is 0. The van der Waals surface area contributed by atoms with E-state index < -0.39 is 19.7 Å². The molecule has 0 saturated carbocycles. The Morgan fingerprint density at radius 3 is 2.31 bits per heavy atom. The Morgan fingerprint density at radius 1 is 1.19 bits per heavy atom. The highest BCUT2D eigenvalue weighted by molar-refractivity contribution is 8.34. The fourth-order valence-electron chi connectivity index (χ4n) is 0.814. The maximum atomic E-state index is 11.5. The highest BCUT2D eigenvalue weighted by atomic mass is 32.3. The van der Waals surface area contributed by atoms with Crippen molar-refractivity contribution in [3.8, 4) is 0 Å². The second-order valence-electron chi connectivity index (χ2n) is 2.95. The zero-order chi connectivity index (χ0) is 12.4. The van der Waals surface area contributed by atoms with Crippen LogP contribution in [0.2, 0.25) is 0 Å². The summed E-state index contributed by atoms with van der Waals surface area (Å²) in [6.45, 7) is 3.11. The van der Waals surface area contributed by atoms with Crippen LogP contribution in [-0.4, -0.2) is 28.3 Å². The number of hydrogen-bond acceptors (Lipinski definition) is 6. The van der Waals surface area contributed by atoms with Gasteiger partial charge in [0.15, 0.2) is 19.7 Å². The van der Waals surface area contributed by atoms with Crippen molar-refractivity contribution < 1.29 is 16.8 Å². The molecule has 0 saturated heterocycles. The van der Waals surface area contributed by atoms with E-state index in [1.54, 1.807) is 13.8 Å². The minimum Gasteiger partial charge on any atom is -0.224 e. The quantitative estimate of drug-likeness (QED) is 0.790. The summed E-state index contributed by atoms with van der Waals surface area (Å²) < 4.78 is 46.3. The van der Waals surface area contributed by atoms with Gasteiger partial charge in [0, 0.05) is 5.41 Å². The molecule has 1 rings (SSSR count). The summed E-state index contributed by atoms with van der Waals surface area (Å²) in [5, 5.41) is 2.62. The maximum absolute atomic E-state index is 11.5. The van der Waals surface area contributed by atoms with Crippen LogP contribution in [0.1, 0.15) is 13.8 Å². The van der Waals surface area contributed by atoms with Gasteiger partial charge in [0.05, 0.1) is 21.2 Å². The Balaban J connectivity index is 2.88. The fraction of sp³-hybridized carbons (Fsp3) is 0.500. The Morgan fingerprint density at radius 2 is 1.81 bits per heavy atom. The van der Waals surface area contributed by atoms with Crippen LogP contribution in [0, 0.1) is 0 Å². The van der Waals surface area contributed by atoms with Gasteiger partial charge in [-0.25, -0.2) is 16.8 Å². The average Bonchev–Trinajstić information content (AvgIpc) is 2.66. The molecule has 92 valence electrons. The number of rotatable bonds is 4. The van der Waals surface area contributed by atoms with E-state index in [1.807, 2.05) is 0 Å². The van der Waals surface area contributed by atoms with Crippen molar-refractivity contribution >= 4 is 43.2 Å². The molecule has 0 spiro atoms. The van der Waals surface area contributed by atoms with E-state index in [4.69, 9.17) is 0 Å². The molecule has 1 heterocycles. The van der Waals surface area contributed by atoms with E-state index >= 15 is 0 Å². The normalized spacial score (nSPS) is 20.1. The zero-order valence-electron chi connectivity index (χ0n) is 8.83. The van der Waals surface area contributed by atoms with Gasteiger partial charge in [-0.2, -0.15) is 0 Å². The van der Waals surface area contributed by atoms with Crippen molar-refractivity contribution in [1.29, 1.82) is 0 Å². The predicted octanol–water partition coefficient (Wildman–Crippen LogP) is 1.93. The molecular weight excluding hydrogens is 288 g/mol. The number of sulfone groups is 2. The first-order valence-electron chi connectivity index (χ1n) is 4.52. The van der Waals surface area contributed by atoms with Gasteiger partial charge in [-0.3, -0.25) is 0 Å². The smallest absolute Gasteiger partial charge is 0.184 e. The molecule has 1 aliphatic heterocycles. The summed E-state index contributed by atoms with van der Waals surface area (Å²) in [5.74, 6) is 0.0493. The van der Waals surface area contributed by atoms with E-state index in [0.29, 0.717) is 4.24 Å². The second-order valence-corrected chi connectivity index (χ2v) is 9.85. The molecule has 1 aliphatic rings. The van der Waals surface area contributed by atoms with Gasteiger partial charge in [0.2, 0.25) is 0 Å². The van der Waals surface area contributed by atoms with Crippen LogP contribution in [-0.2, 0) is 19.7 Å². The lowest BCUT2D eigenvalue weighted by molar-refractivity contribution is 0.603. The number of thioether (sulfide) groups is 2. The van der Waals surface area contributed by atoms with Crippen LogP contribution in [0.5, 0.6) is 0 Å². The molecule has 16 heavy (non-hydrogen) atoms. The van der Waals surface area contributed by atoms with Crippen LogP contribution in [0.15, 0.2) is 19.3 Å². The Kier molecular flexibility index (Phi) is 4.56. The Bertz CT molecular complexity index is 524. The van der Waals surface area contributed by atoms with Crippen LogP contribution in [0.4, 0.5) is 0 Å². The van der Waals surface area contributed by atoms with Crippen LogP contribution in [0.25, 0.3) is 0 Å². The Labute approximate surface area is 104 Å². The van der Waals surface area contributed by atoms with Gasteiger partial charge in [0.25, 0.3) is 0 Å². The molecule has 0 aromatic carbocycles. The van der Waals surface area contributed by atoms with E-state index in [2.05, 4.69) is 0 Å². The van der Waals surface area contributed by atoms with Gasteiger partial charge in [-0.15, -0.1) is 0 Å². The van der Waals surface area contributed by atoms with Crippen molar-refractivity contribution in [2.75, 3.05) is 11.5 Å². The van der Waals surface area contributed by atoms with Crippen molar-refractivity contribution in [3.63, 3.8) is 0 Å². The van der Waals surface area contributed by atoms with Crippen molar-refractivity contribution in [3.05, 3.63) is 19.3 Å². The maximum Gasteiger partial charge on any atom is 0.184 e. The Hall–Kier alpha value is 0.0800. The summed E-state index contributed by atoms with van der Waals surface area (Å²) in [5.41, 5.74) is 0. The summed E-state index contributed by atoms with van der Waals surface area (Å²) in [6, 6.07) is 0. The highest BCUT2D eigenvalue weighted by Crippen LogP contribution is 2.46. The van der Waals surface area contributed by atoms with E-state index in [1.165, 1.54) is 5.41 Å². The van der Waals surface area contributed by atoms with E-state index in [9.17, 15) is 16.8 Å². The fourth-order valence-corrected chi connectivity index (χ4v) is 6.23. The predicted molar refractivity (Wildman–Crippen MR) is 70.3 cm³/mol. The molecule has 0 unspecified atom stereocenters. The first-order chi connectivity index (χ1) is 7.30. The molecular formula is C8H12O4S4. The van der Waals surface area contributed by atoms with Crippen molar-refractivity contribution in [2.24, 2.45) is 0 Å². The largest absolute Gasteiger partial charge is 0.224 e. The summed E-state index contributed by atoms with van der Waals surface area (Å²) in [6.07, 6.45) is 0. The average molecular weight is 300 g/mol. The molecule has 0 fully saturated rings. The van der Waals surface area contributed by atoms with Crippen LogP contribution in [0.3, 0.4) is 0 Å². The molecule has 0 bridgehead atoms. The minimum absolute atomic E-state index is 0.0213. The van der Waals surface area contributed by atoms with Crippen molar-refractivity contribution in [1.82, 2.24) is 0 Å². The first-order valence-corrected chi connectivity index (χ1v) is 9.59. The topological polar surface area (TPSA) is 68.3 Å². The van der Waals surface area contributed by atoms with E-state index in [0.717, 1.165) is 28.9 Å². The molecule has 0 amide bonds. The first kappa shape index (κ1) is 14.1. The molecule has 4 nitrogen and oxygen atoms in total. The molecule has 0 radical (unpaired) electrons. The highest BCUT2D eigenvalue weighted by Gasteiger charge is 2.24.